The maximum Gasteiger partial charge on any atom is 0.168 e. The smallest absolute Gasteiger partial charge is 0.168 e. The van der Waals surface area contributed by atoms with E-state index in [0.717, 1.165) is 26.9 Å². The fourth-order valence-electron chi connectivity index (χ4n) is 1.90. The van der Waals surface area contributed by atoms with Crippen LogP contribution < -0.4 is 0 Å². The lowest BCUT2D eigenvalue weighted by Crippen LogP contribution is -2.04. The Balaban J connectivity index is 2.16. The minimum atomic E-state index is 0.199. The third-order valence-electron chi connectivity index (χ3n) is 2.89. The third kappa shape index (κ3) is 3.09. The highest BCUT2D eigenvalue weighted by molar-refractivity contribution is 9.10. The second-order valence-electron chi connectivity index (χ2n) is 4.28. The van der Waals surface area contributed by atoms with E-state index in [1.54, 1.807) is 11.3 Å². The summed E-state index contributed by atoms with van der Waals surface area (Å²) in [7, 11) is 0. The zero-order valence-electron chi connectivity index (χ0n) is 10.5. The summed E-state index contributed by atoms with van der Waals surface area (Å²) in [5, 5.41) is 0. The van der Waals surface area contributed by atoms with Crippen LogP contribution in [0.2, 0.25) is 0 Å². The molecule has 3 heteroatoms. The van der Waals surface area contributed by atoms with Crippen LogP contribution in [0, 0.1) is 6.92 Å². The molecule has 0 aliphatic heterocycles. The Bertz CT molecular complexity index is 572. The Kier molecular flexibility index (Phi) is 4.36. The van der Waals surface area contributed by atoms with Crippen molar-refractivity contribution in [3.8, 4) is 0 Å². The molecule has 0 aliphatic rings. The fourth-order valence-corrected chi connectivity index (χ4v) is 3.33. The topological polar surface area (TPSA) is 17.1 Å². The van der Waals surface area contributed by atoms with Crippen LogP contribution >= 0.6 is 27.3 Å². The largest absolute Gasteiger partial charge is 0.294 e. The summed E-state index contributed by atoms with van der Waals surface area (Å²) in [6.07, 6.45) is 1.54. The van der Waals surface area contributed by atoms with Gasteiger partial charge in [-0.05, 0) is 43.2 Å². The van der Waals surface area contributed by atoms with Crippen molar-refractivity contribution in [1.82, 2.24) is 0 Å². The van der Waals surface area contributed by atoms with Crippen LogP contribution in [0.25, 0.3) is 0 Å². The molecule has 94 valence electrons. The molecule has 1 aromatic heterocycles. The number of rotatable bonds is 4. The average molecular weight is 323 g/mol. The number of carbonyl (C=O) groups excluding carboxylic acids is 1. The standard InChI is InChI=1S/C15H15BrOS/c1-3-12-5-6-13(18-12)9-15(17)14-7-4-11(16)8-10(14)2/h4-8H,3,9H2,1-2H3. The van der Waals surface area contributed by atoms with Crippen LogP contribution in [0.4, 0.5) is 0 Å². The first kappa shape index (κ1) is 13.5. The van der Waals surface area contributed by atoms with E-state index in [0.29, 0.717) is 6.42 Å². The SMILES string of the molecule is CCc1ccc(CC(=O)c2ccc(Br)cc2C)s1. The molecule has 0 N–H and O–H groups in total. The lowest BCUT2D eigenvalue weighted by Gasteiger charge is -2.04. The highest BCUT2D eigenvalue weighted by Crippen LogP contribution is 2.21. The molecule has 18 heavy (non-hydrogen) atoms. The zero-order chi connectivity index (χ0) is 13.1. The summed E-state index contributed by atoms with van der Waals surface area (Å²) in [4.78, 5) is 14.7. The molecule has 0 unspecified atom stereocenters. The molecule has 0 saturated heterocycles. The molecule has 0 amide bonds. The molecular formula is C15H15BrOS. The van der Waals surface area contributed by atoms with Crippen molar-refractivity contribution in [3.05, 3.63) is 55.7 Å². The van der Waals surface area contributed by atoms with Crippen molar-refractivity contribution in [1.29, 1.82) is 0 Å². The van der Waals surface area contributed by atoms with Gasteiger partial charge < -0.3 is 0 Å². The second-order valence-corrected chi connectivity index (χ2v) is 6.45. The molecule has 0 saturated carbocycles. The van der Waals surface area contributed by atoms with Crippen LogP contribution in [0.1, 0.15) is 32.6 Å². The van der Waals surface area contributed by atoms with Gasteiger partial charge in [0.2, 0.25) is 0 Å². The van der Waals surface area contributed by atoms with Gasteiger partial charge in [0.15, 0.2) is 5.78 Å². The summed E-state index contributed by atoms with van der Waals surface area (Å²) in [5.74, 6) is 0.199. The molecule has 0 bridgehead atoms. The van der Waals surface area contributed by atoms with Crippen LogP contribution in [0.5, 0.6) is 0 Å². The van der Waals surface area contributed by atoms with Crippen LogP contribution in [0.15, 0.2) is 34.8 Å². The Hall–Kier alpha value is -0.930. The summed E-state index contributed by atoms with van der Waals surface area (Å²) in [5.41, 5.74) is 1.85. The summed E-state index contributed by atoms with van der Waals surface area (Å²) in [6, 6.07) is 9.98. The molecule has 1 heterocycles. The highest BCUT2D eigenvalue weighted by Gasteiger charge is 2.11. The van der Waals surface area contributed by atoms with Gasteiger partial charge in [-0.2, -0.15) is 0 Å². The van der Waals surface area contributed by atoms with Crippen LogP contribution in [-0.4, -0.2) is 5.78 Å². The number of carbonyl (C=O) groups is 1. The lowest BCUT2D eigenvalue weighted by atomic mass is 10.0. The second kappa shape index (κ2) is 5.81. The van der Waals surface area contributed by atoms with E-state index in [1.165, 1.54) is 4.88 Å². The summed E-state index contributed by atoms with van der Waals surface area (Å²) < 4.78 is 1.01. The Morgan fingerprint density at radius 3 is 2.56 bits per heavy atom. The number of hydrogen-bond donors (Lipinski definition) is 0. The van der Waals surface area contributed by atoms with Gasteiger partial charge in [0.1, 0.15) is 0 Å². The van der Waals surface area contributed by atoms with E-state index in [4.69, 9.17) is 0 Å². The minimum absolute atomic E-state index is 0.199. The van der Waals surface area contributed by atoms with E-state index in [2.05, 4.69) is 35.0 Å². The van der Waals surface area contributed by atoms with E-state index in [9.17, 15) is 4.79 Å². The quantitative estimate of drug-likeness (QED) is 0.738. The van der Waals surface area contributed by atoms with Gasteiger partial charge in [-0.1, -0.05) is 28.9 Å². The third-order valence-corrected chi connectivity index (χ3v) is 4.61. The number of ketones is 1. The number of aryl methyl sites for hydroxylation is 2. The van der Waals surface area contributed by atoms with Gasteiger partial charge in [0, 0.05) is 26.2 Å². The van der Waals surface area contributed by atoms with Gasteiger partial charge in [0.05, 0.1) is 0 Å². The number of hydrogen-bond acceptors (Lipinski definition) is 2. The lowest BCUT2D eigenvalue weighted by molar-refractivity contribution is 0.0993. The Morgan fingerprint density at radius 1 is 1.22 bits per heavy atom. The molecule has 0 radical (unpaired) electrons. The first-order valence-corrected chi connectivity index (χ1v) is 7.58. The first-order valence-electron chi connectivity index (χ1n) is 5.97. The highest BCUT2D eigenvalue weighted by atomic mass is 79.9. The van der Waals surface area contributed by atoms with Crippen LogP contribution in [-0.2, 0) is 12.8 Å². The maximum absolute atomic E-state index is 12.2. The van der Waals surface area contributed by atoms with E-state index in [-0.39, 0.29) is 5.78 Å². The molecule has 1 aromatic carbocycles. The maximum atomic E-state index is 12.2. The average Bonchev–Trinajstić information content (AvgIpc) is 2.76. The van der Waals surface area contributed by atoms with Crippen molar-refractivity contribution in [2.75, 3.05) is 0 Å². The van der Waals surface area contributed by atoms with Crippen molar-refractivity contribution < 1.29 is 4.79 Å². The summed E-state index contributed by atoms with van der Waals surface area (Å²) in [6.45, 7) is 4.11. The van der Waals surface area contributed by atoms with E-state index in [1.807, 2.05) is 25.1 Å². The first-order chi connectivity index (χ1) is 8.60. The van der Waals surface area contributed by atoms with Gasteiger partial charge in [0.25, 0.3) is 0 Å². The van der Waals surface area contributed by atoms with Crippen molar-refractivity contribution in [2.45, 2.75) is 26.7 Å². The summed E-state index contributed by atoms with van der Waals surface area (Å²) >= 11 is 5.15. The monoisotopic (exact) mass is 322 g/mol. The minimum Gasteiger partial charge on any atom is -0.294 e. The van der Waals surface area contributed by atoms with Gasteiger partial charge in [-0.25, -0.2) is 0 Å². The normalized spacial score (nSPS) is 10.6. The molecule has 1 nitrogen and oxygen atoms in total. The van der Waals surface area contributed by atoms with Crippen LogP contribution in [0.3, 0.4) is 0 Å². The molecule has 0 spiro atoms. The van der Waals surface area contributed by atoms with Crippen molar-refractivity contribution >= 4 is 33.0 Å². The Labute approximate surface area is 120 Å². The fraction of sp³-hybridized carbons (Fsp3) is 0.267. The zero-order valence-corrected chi connectivity index (χ0v) is 12.9. The van der Waals surface area contributed by atoms with E-state index >= 15 is 0 Å². The predicted octanol–water partition coefficient (Wildman–Crippen LogP) is 4.81. The van der Waals surface area contributed by atoms with Crippen molar-refractivity contribution in [3.63, 3.8) is 0 Å². The molecule has 0 fully saturated rings. The van der Waals surface area contributed by atoms with Gasteiger partial charge in [-0.15, -0.1) is 11.3 Å². The van der Waals surface area contributed by atoms with Crippen molar-refractivity contribution in [2.24, 2.45) is 0 Å². The molecular weight excluding hydrogens is 308 g/mol. The van der Waals surface area contributed by atoms with Gasteiger partial charge in [-0.3, -0.25) is 4.79 Å². The van der Waals surface area contributed by atoms with Gasteiger partial charge >= 0.3 is 0 Å². The molecule has 0 atom stereocenters. The predicted molar refractivity (Wildman–Crippen MR) is 80.6 cm³/mol. The molecule has 0 aliphatic carbocycles. The molecule has 2 rings (SSSR count). The Morgan fingerprint density at radius 2 is 1.94 bits per heavy atom. The number of thiophene rings is 1. The van der Waals surface area contributed by atoms with E-state index < -0.39 is 0 Å². The number of halogens is 1. The number of Topliss-reactive ketones (excluding diaryl/α,β-unsaturated/α-hetero) is 1. The number of benzene rings is 1. The molecule has 2 aromatic rings.